The van der Waals surface area contributed by atoms with Crippen LogP contribution in [-0.2, 0) is 16.6 Å². The highest BCUT2D eigenvalue weighted by atomic mass is 19.2. The van der Waals surface area contributed by atoms with Gasteiger partial charge in [-0.25, -0.2) is 26.7 Å². The van der Waals surface area contributed by atoms with Gasteiger partial charge >= 0.3 is 5.97 Å². The Morgan fingerprint density at radius 3 is 2.08 bits per heavy atom. The summed E-state index contributed by atoms with van der Waals surface area (Å²) in [5.74, 6) is -13.3. The molecule has 0 radical (unpaired) electrons. The number of halogens is 5. The molecule has 0 aliphatic carbocycles. The zero-order chi connectivity index (χ0) is 18.0. The molecular weight excluding hydrogens is 339 g/mol. The van der Waals surface area contributed by atoms with Crippen molar-refractivity contribution in [3.63, 3.8) is 0 Å². The van der Waals surface area contributed by atoms with Gasteiger partial charge in [-0.2, -0.15) is 0 Å². The highest BCUT2D eigenvalue weighted by Gasteiger charge is 2.27. The largest absolute Gasteiger partial charge is 0.451 e. The van der Waals surface area contributed by atoms with E-state index in [1.54, 1.807) is 0 Å². The first-order chi connectivity index (χ1) is 11.2. The third-order valence-corrected chi connectivity index (χ3v) is 2.96. The summed E-state index contributed by atoms with van der Waals surface area (Å²) in [6.45, 7) is -0.983. The average Bonchev–Trinajstić information content (AvgIpc) is 2.99. The topological polar surface area (TPSA) is 60.3 Å². The zero-order valence-electron chi connectivity index (χ0n) is 12.0. The molecule has 0 aliphatic rings. The Labute approximate surface area is 131 Å². The van der Waals surface area contributed by atoms with Gasteiger partial charge in [-0.3, -0.25) is 4.79 Å². The van der Waals surface area contributed by atoms with Crippen molar-refractivity contribution in [3.05, 3.63) is 53.1 Å². The van der Waals surface area contributed by atoms with Crippen LogP contribution >= 0.6 is 0 Å². The standard InChI is InChI=1S/C14H9F5N2O3/c1-21-4-2-3-6(21)14(23)24-5-7(22)20-13-11(18)9(16)8(15)10(17)12(13)19/h2-4H,5H2,1H3,(H,20,22). The van der Waals surface area contributed by atoms with Gasteiger partial charge in [-0.1, -0.05) is 0 Å². The van der Waals surface area contributed by atoms with Crippen molar-refractivity contribution < 1.29 is 36.3 Å². The molecule has 1 amide bonds. The van der Waals surface area contributed by atoms with E-state index in [9.17, 15) is 31.5 Å². The van der Waals surface area contributed by atoms with Gasteiger partial charge in [0.1, 0.15) is 11.4 Å². The molecule has 0 spiro atoms. The SMILES string of the molecule is Cn1cccc1C(=O)OCC(=O)Nc1c(F)c(F)c(F)c(F)c1F. The molecule has 10 heteroatoms. The number of hydrogen-bond donors (Lipinski definition) is 1. The van der Waals surface area contributed by atoms with E-state index < -0.39 is 53.3 Å². The van der Waals surface area contributed by atoms with Gasteiger partial charge in [-0.15, -0.1) is 0 Å². The Bertz CT molecular complexity index is 790. The fraction of sp³-hybridized carbons (Fsp3) is 0.143. The van der Waals surface area contributed by atoms with Crippen LogP contribution in [0.2, 0.25) is 0 Å². The highest BCUT2D eigenvalue weighted by molar-refractivity contribution is 5.95. The summed E-state index contributed by atoms with van der Waals surface area (Å²) < 4.78 is 71.6. The zero-order valence-corrected chi connectivity index (χ0v) is 12.0. The fourth-order valence-corrected chi connectivity index (χ4v) is 1.77. The molecule has 5 nitrogen and oxygen atoms in total. The summed E-state index contributed by atoms with van der Waals surface area (Å²) in [6, 6.07) is 2.93. The molecule has 1 aromatic heterocycles. The minimum Gasteiger partial charge on any atom is -0.451 e. The second-order valence-electron chi connectivity index (χ2n) is 4.57. The van der Waals surface area contributed by atoms with Crippen molar-refractivity contribution in [1.82, 2.24) is 4.57 Å². The number of aryl methyl sites for hydroxylation is 1. The summed E-state index contributed by atoms with van der Waals surface area (Å²) in [6.07, 6.45) is 1.53. The van der Waals surface area contributed by atoms with E-state index in [1.165, 1.54) is 35.3 Å². The van der Waals surface area contributed by atoms with Crippen molar-refractivity contribution in [2.45, 2.75) is 0 Å². The first kappa shape index (κ1) is 17.4. The summed E-state index contributed by atoms with van der Waals surface area (Å²) in [5, 5.41) is 1.48. The monoisotopic (exact) mass is 348 g/mol. The van der Waals surface area contributed by atoms with Crippen molar-refractivity contribution >= 4 is 17.6 Å². The van der Waals surface area contributed by atoms with Crippen LogP contribution in [0.15, 0.2) is 18.3 Å². The lowest BCUT2D eigenvalue weighted by Crippen LogP contribution is -2.23. The van der Waals surface area contributed by atoms with Crippen molar-refractivity contribution in [1.29, 1.82) is 0 Å². The Morgan fingerprint density at radius 2 is 1.58 bits per heavy atom. The van der Waals surface area contributed by atoms with E-state index in [0.717, 1.165) is 0 Å². The fourth-order valence-electron chi connectivity index (χ4n) is 1.77. The van der Waals surface area contributed by atoms with Gasteiger partial charge in [0, 0.05) is 13.2 Å². The molecule has 0 fully saturated rings. The number of hydrogen-bond acceptors (Lipinski definition) is 3. The average molecular weight is 348 g/mol. The molecular formula is C14H9F5N2O3. The molecule has 0 aliphatic heterocycles. The number of ether oxygens (including phenoxy) is 1. The van der Waals surface area contributed by atoms with Gasteiger partial charge in [0.15, 0.2) is 29.9 Å². The normalized spacial score (nSPS) is 10.6. The predicted molar refractivity (Wildman–Crippen MR) is 70.6 cm³/mol. The van der Waals surface area contributed by atoms with E-state index >= 15 is 0 Å². The number of amides is 1. The summed E-state index contributed by atoms with van der Waals surface area (Å²) >= 11 is 0. The molecule has 0 saturated heterocycles. The van der Waals surface area contributed by atoms with Crippen LogP contribution in [-0.4, -0.2) is 23.1 Å². The van der Waals surface area contributed by atoms with Crippen LogP contribution in [0.25, 0.3) is 0 Å². The van der Waals surface area contributed by atoms with Gasteiger partial charge < -0.3 is 14.6 Å². The maximum absolute atomic E-state index is 13.4. The number of benzene rings is 1. The van der Waals surface area contributed by atoms with Crippen LogP contribution in [0.5, 0.6) is 0 Å². The number of rotatable bonds is 4. The number of anilines is 1. The second-order valence-corrected chi connectivity index (χ2v) is 4.57. The lowest BCUT2D eigenvalue weighted by molar-refractivity contribution is -0.119. The summed E-state index contributed by atoms with van der Waals surface area (Å²) in [7, 11) is 1.53. The highest BCUT2D eigenvalue weighted by Crippen LogP contribution is 2.26. The molecule has 0 saturated carbocycles. The molecule has 1 aromatic carbocycles. The first-order valence-corrected chi connectivity index (χ1v) is 6.33. The molecule has 0 bridgehead atoms. The molecule has 24 heavy (non-hydrogen) atoms. The number of nitrogens with zero attached hydrogens (tertiary/aromatic N) is 1. The predicted octanol–water partition coefficient (Wildman–Crippen LogP) is 2.52. The molecule has 0 unspecified atom stereocenters. The molecule has 128 valence electrons. The lowest BCUT2D eigenvalue weighted by Gasteiger charge is -2.10. The van der Waals surface area contributed by atoms with E-state index in [0.29, 0.717) is 0 Å². The minimum absolute atomic E-state index is 0.0963. The number of carbonyl (C=O) groups is 2. The Kier molecular flexibility index (Phi) is 4.86. The van der Waals surface area contributed by atoms with E-state index in [2.05, 4.69) is 4.74 Å². The van der Waals surface area contributed by atoms with E-state index in [-0.39, 0.29) is 5.69 Å². The molecule has 1 N–H and O–H groups in total. The van der Waals surface area contributed by atoms with Gasteiger partial charge in [0.25, 0.3) is 5.91 Å². The number of carbonyl (C=O) groups excluding carboxylic acids is 2. The smallest absolute Gasteiger partial charge is 0.355 e. The van der Waals surface area contributed by atoms with Crippen LogP contribution < -0.4 is 5.32 Å². The number of esters is 1. The van der Waals surface area contributed by atoms with Crippen LogP contribution in [0.3, 0.4) is 0 Å². The van der Waals surface area contributed by atoms with Gasteiger partial charge in [0.2, 0.25) is 5.82 Å². The Morgan fingerprint density at radius 1 is 1.04 bits per heavy atom. The van der Waals surface area contributed by atoms with E-state index in [4.69, 9.17) is 0 Å². The van der Waals surface area contributed by atoms with Gasteiger partial charge in [0.05, 0.1) is 0 Å². The third kappa shape index (κ3) is 3.21. The molecule has 2 aromatic rings. The first-order valence-electron chi connectivity index (χ1n) is 6.33. The van der Waals surface area contributed by atoms with Crippen molar-refractivity contribution in [3.8, 4) is 0 Å². The lowest BCUT2D eigenvalue weighted by atomic mass is 10.2. The number of aromatic nitrogens is 1. The second kappa shape index (κ2) is 6.69. The maximum Gasteiger partial charge on any atom is 0.355 e. The summed E-state index contributed by atoms with van der Waals surface area (Å²) in [4.78, 5) is 23.1. The maximum atomic E-state index is 13.4. The van der Waals surface area contributed by atoms with E-state index in [1.807, 2.05) is 0 Å². The number of nitrogens with one attached hydrogen (secondary N) is 1. The minimum atomic E-state index is -2.35. The summed E-state index contributed by atoms with van der Waals surface area (Å²) in [5.41, 5.74) is -1.43. The van der Waals surface area contributed by atoms with Crippen molar-refractivity contribution in [2.24, 2.45) is 7.05 Å². The van der Waals surface area contributed by atoms with Gasteiger partial charge in [-0.05, 0) is 12.1 Å². The third-order valence-electron chi connectivity index (χ3n) is 2.96. The van der Waals surface area contributed by atoms with Crippen LogP contribution in [0.4, 0.5) is 27.6 Å². The van der Waals surface area contributed by atoms with Crippen LogP contribution in [0.1, 0.15) is 10.5 Å². The Balaban J connectivity index is 2.08. The van der Waals surface area contributed by atoms with Crippen molar-refractivity contribution in [2.75, 3.05) is 11.9 Å². The Hall–Kier alpha value is -2.91. The van der Waals surface area contributed by atoms with Crippen LogP contribution in [0, 0.1) is 29.1 Å². The molecule has 2 rings (SSSR count). The quantitative estimate of drug-likeness (QED) is 0.400. The molecule has 0 atom stereocenters. The molecule has 1 heterocycles.